The fourth-order valence-corrected chi connectivity index (χ4v) is 7.42. The third kappa shape index (κ3) is 24.4. The van der Waals surface area contributed by atoms with E-state index in [9.17, 15) is 38.4 Å². The quantitative estimate of drug-likeness (QED) is 0.0351. The summed E-state index contributed by atoms with van der Waals surface area (Å²) in [7, 11) is 0. The van der Waals surface area contributed by atoms with Crippen molar-refractivity contribution in [1.82, 2.24) is 0 Å². The fourth-order valence-electron chi connectivity index (χ4n) is 7.42. The number of hydrogen-bond donors (Lipinski definition) is 0. The van der Waals surface area contributed by atoms with Crippen LogP contribution in [0.5, 0.6) is 34.5 Å². The number of benzene rings is 8. The van der Waals surface area contributed by atoms with E-state index in [0.717, 1.165) is 79.9 Å². The number of carbonyl (C=O) groups excluding carboxylic acids is 8. The van der Waals surface area contributed by atoms with E-state index < -0.39 is 47.8 Å². The highest BCUT2D eigenvalue weighted by atomic mass is 16.6. The Morgan fingerprint density at radius 2 is 0.436 bits per heavy atom. The summed E-state index contributed by atoms with van der Waals surface area (Å²) < 4.78 is 40.6. The molecule has 0 amide bonds. The van der Waals surface area contributed by atoms with Gasteiger partial charge in [-0.2, -0.15) is 0 Å². The molecule has 94 heavy (non-hydrogen) atoms. The van der Waals surface area contributed by atoms with Crippen LogP contribution in [0.25, 0.3) is 44.5 Å². The minimum absolute atomic E-state index is 0.210. The predicted octanol–water partition coefficient (Wildman–Crippen LogP) is 16.0. The van der Waals surface area contributed by atoms with E-state index in [1.54, 1.807) is 100 Å². The molecule has 0 bridgehead atoms. The Morgan fingerprint density at radius 3 is 0.628 bits per heavy atom. The average Bonchev–Trinajstić information content (AvgIpc) is 3.33. The van der Waals surface area contributed by atoms with E-state index in [1.807, 2.05) is 121 Å². The molecule has 0 aromatic heterocycles. The van der Waals surface area contributed by atoms with Gasteiger partial charge in [0.25, 0.3) is 0 Å². The Morgan fingerprint density at radius 1 is 0.255 bits per heavy atom. The summed E-state index contributed by atoms with van der Waals surface area (Å²) in [5, 5.41) is 0. The standard InChI is InChI=1S/C21H20O4.C20H18O4.C19H16O4.C18H14O4/c1-14(2)20(22)24-13-16-5-7-17(8-6-16)18-9-11-19(12-10-18)25-21(23)15(3)4;1-13(2)19(21)23-17-9-5-15(6-10-17)16-7-11-18(12-8-16)24-20(22)14(3)4;1-3-18(20)22-13-14-5-7-15(8-6-14)16-9-11-17(12-10-16)23-19(21)4-2;1-3-17(19)21-15-9-5-13(6-10-15)14-7-11-16(12-8-14)22-18(20)4-2/h5-12H,1,3,13H2,2,4H3;5-12H,1,3H2,2,4H3;3-12H,1-2,13H2;3-12H,1-2H2. The first-order chi connectivity index (χ1) is 45.0. The van der Waals surface area contributed by atoms with Crippen LogP contribution in [0, 0.1) is 0 Å². The monoisotopic (exact) mass is 1260 g/mol. The Bertz CT molecular complexity index is 3930. The lowest BCUT2D eigenvalue weighted by molar-refractivity contribution is -0.140. The van der Waals surface area contributed by atoms with Gasteiger partial charge in [-0.05, 0) is 156 Å². The number of carbonyl (C=O) groups is 8. The molecule has 0 saturated heterocycles. The molecular formula is C78H68O16. The van der Waals surface area contributed by atoms with Crippen molar-refractivity contribution in [3.8, 4) is 79.0 Å². The lowest BCUT2D eigenvalue weighted by Gasteiger charge is -2.07. The fraction of sp³-hybridized carbons (Fsp3) is 0.0769. The van der Waals surface area contributed by atoms with Gasteiger partial charge >= 0.3 is 47.8 Å². The first-order valence-electron chi connectivity index (χ1n) is 28.5. The molecule has 0 spiro atoms. The normalized spacial score (nSPS) is 9.83. The first-order valence-corrected chi connectivity index (χ1v) is 28.5. The Balaban J connectivity index is 0.000000227. The highest BCUT2D eigenvalue weighted by Gasteiger charge is 2.12. The first kappa shape index (κ1) is 72.2. The zero-order valence-electron chi connectivity index (χ0n) is 52.4. The molecule has 0 fully saturated rings. The molecule has 0 heterocycles. The van der Waals surface area contributed by atoms with Crippen molar-refractivity contribution >= 4 is 47.8 Å². The van der Waals surface area contributed by atoms with E-state index >= 15 is 0 Å². The van der Waals surface area contributed by atoms with Crippen LogP contribution in [0.4, 0.5) is 0 Å². The zero-order valence-corrected chi connectivity index (χ0v) is 52.4. The van der Waals surface area contributed by atoms with Gasteiger partial charge in [0, 0.05) is 46.6 Å². The van der Waals surface area contributed by atoms with E-state index in [0.29, 0.717) is 56.8 Å². The number of rotatable bonds is 22. The predicted molar refractivity (Wildman–Crippen MR) is 361 cm³/mol. The molecule has 0 N–H and O–H groups in total. The van der Waals surface area contributed by atoms with Crippen molar-refractivity contribution in [2.45, 2.75) is 40.9 Å². The third-order valence-electron chi connectivity index (χ3n) is 12.5. The molecule has 0 aliphatic heterocycles. The number of esters is 8. The molecule has 8 aromatic carbocycles. The summed E-state index contributed by atoms with van der Waals surface area (Å²) in [4.78, 5) is 90.2. The molecule has 16 heteroatoms. The molecule has 0 atom stereocenters. The SMILES string of the molecule is C=C(C)C(=O)OCc1ccc(-c2ccc(OC(=O)C(=C)C)cc2)cc1.C=C(C)C(=O)Oc1ccc(-c2ccc(OC(=O)C(=C)C)cc2)cc1.C=CC(=O)OCc1ccc(-c2ccc(OC(=O)C=C)cc2)cc1.C=CC(=O)Oc1ccc(-c2ccc(OC(=O)C=C)cc2)cc1. The van der Waals surface area contributed by atoms with E-state index in [1.165, 1.54) is 0 Å². The maximum Gasteiger partial charge on any atom is 0.338 e. The minimum Gasteiger partial charge on any atom is -0.458 e. The van der Waals surface area contributed by atoms with Gasteiger partial charge in [-0.1, -0.05) is 174 Å². The summed E-state index contributed by atoms with van der Waals surface area (Å²) >= 11 is 0. The van der Waals surface area contributed by atoms with Crippen molar-refractivity contribution in [2.24, 2.45) is 0 Å². The van der Waals surface area contributed by atoms with Crippen molar-refractivity contribution in [2.75, 3.05) is 0 Å². The largest absolute Gasteiger partial charge is 0.458 e. The van der Waals surface area contributed by atoms with Gasteiger partial charge in [0.15, 0.2) is 0 Å². The van der Waals surface area contributed by atoms with Gasteiger partial charge in [0.2, 0.25) is 0 Å². The van der Waals surface area contributed by atoms with Gasteiger partial charge in [-0.15, -0.1) is 0 Å². The second-order valence-corrected chi connectivity index (χ2v) is 20.1. The summed E-state index contributed by atoms with van der Waals surface area (Å²) in [6, 6.07) is 58.0. The van der Waals surface area contributed by atoms with Gasteiger partial charge in [0.05, 0.1) is 0 Å². The van der Waals surface area contributed by atoms with Crippen LogP contribution < -0.4 is 28.4 Å². The smallest absolute Gasteiger partial charge is 0.338 e. The minimum atomic E-state index is -0.499. The highest BCUT2D eigenvalue weighted by molar-refractivity contribution is 5.91. The Kier molecular flexibility index (Phi) is 28.3. The second-order valence-electron chi connectivity index (χ2n) is 20.1. The van der Waals surface area contributed by atoms with Crippen molar-refractivity contribution in [3.63, 3.8) is 0 Å². The van der Waals surface area contributed by atoms with Crippen LogP contribution in [0.2, 0.25) is 0 Å². The molecule has 0 unspecified atom stereocenters. The van der Waals surface area contributed by atoms with Crippen LogP contribution in [0.1, 0.15) is 38.8 Å². The van der Waals surface area contributed by atoms with Crippen molar-refractivity contribution < 1.29 is 76.3 Å². The Hall–Kier alpha value is -12.6. The molecule has 0 saturated carbocycles. The molecule has 0 radical (unpaired) electrons. The maximum absolute atomic E-state index is 11.5. The van der Waals surface area contributed by atoms with E-state index in [4.69, 9.17) is 37.9 Å². The third-order valence-corrected chi connectivity index (χ3v) is 12.5. The van der Waals surface area contributed by atoms with Gasteiger partial charge in [0.1, 0.15) is 47.7 Å². The summed E-state index contributed by atoms with van der Waals surface area (Å²) in [6.45, 7) is 34.4. The summed E-state index contributed by atoms with van der Waals surface area (Å²) in [5.41, 5.74) is 11.0. The average molecular weight is 1260 g/mol. The van der Waals surface area contributed by atoms with Crippen molar-refractivity contribution in [3.05, 3.63) is 304 Å². The van der Waals surface area contributed by atoms with Crippen LogP contribution >= 0.6 is 0 Å². The van der Waals surface area contributed by atoms with Gasteiger partial charge in [-0.3, -0.25) is 0 Å². The van der Waals surface area contributed by atoms with Crippen LogP contribution in [0.15, 0.2) is 293 Å². The summed E-state index contributed by atoms with van der Waals surface area (Å²) in [6.07, 6.45) is 4.47. The molecule has 0 aliphatic rings. The van der Waals surface area contributed by atoms with E-state index in [2.05, 4.69) is 52.6 Å². The second kappa shape index (κ2) is 36.8. The Labute approximate surface area is 545 Å². The topological polar surface area (TPSA) is 210 Å². The van der Waals surface area contributed by atoms with Crippen LogP contribution in [0.3, 0.4) is 0 Å². The highest BCUT2D eigenvalue weighted by Crippen LogP contribution is 2.29. The van der Waals surface area contributed by atoms with Gasteiger partial charge in [-0.25, -0.2) is 38.4 Å². The zero-order chi connectivity index (χ0) is 68.7. The molecule has 8 aromatic rings. The summed E-state index contributed by atoms with van der Waals surface area (Å²) in [5.74, 6) is -0.931. The maximum atomic E-state index is 11.5. The molecule has 476 valence electrons. The molecule has 8 rings (SSSR count). The lowest BCUT2D eigenvalue weighted by Crippen LogP contribution is -2.08. The van der Waals surface area contributed by atoms with E-state index in [-0.39, 0.29) is 13.2 Å². The molecule has 16 nitrogen and oxygen atoms in total. The molecule has 0 aliphatic carbocycles. The number of ether oxygens (including phenoxy) is 8. The van der Waals surface area contributed by atoms with Gasteiger partial charge < -0.3 is 37.9 Å². The number of hydrogen-bond acceptors (Lipinski definition) is 16. The lowest BCUT2D eigenvalue weighted by atomic mass is 10.0. The van der Waals surface area contributed by atoms with Crippen LogP contribution in [-0.2, 0) is 61.0 Å². The van der Waals surface area contributed by atoms with Crippen molar-refractivity contribution in [1.29, 1.82) is 0 Å². The van der Waals surface area contributed by atoms with Crippen LogP contribution in [-0.4, -0.2) is 47.8 Å². The molecular weight excluding hydrogens is 1190 g/mol.